The van der Waals surface area contributed by atoms with Gasteiger partial charge in [0.15, 0.2) is 11.5 Å². The summed E-state index contributed by atoms with van der Waals surface area (Å²) in [7, 11) is 0. The largest absolute Gasteiger partial charge is 0.504 e. The minimum absolute atomic E-state index is 0.0966. The van der Waals surface area contributed by atoms with E-state index in [-0.39, 0.29) is 24.6 Å². The van der Waals surface area contributed by atoms with Crippen molar-refractivity contribution in [2.45, 2.75) is 32.6 Å². The first-order valence-corrected chi connectivity index (χ1v) is 14.3. The summed E-state index contributed by atoms with van der Waals surface area (Å²) in [5, 5.41) is 12.6. The molecule has 0 spiro atoms. The zero-order valence-electron chi connectivity index (χ0n) is 21.9. The third-order valence-electron chi connectivity index (χ3n) is 5.97. The number of thiophene rings is 2. The maximum atomic E-state index is 13.5. The Bertz CT molecular complexity index is 1220. The molecule has 3 rings (SSSR count). The van der Waals surface area contributed by atoms with E-state index in [9.17, 15) is 14.7 Å². The fraction of sp³-hybridized carbons (Fsp3) is 0.448. The summed E-state index contributed by atoms with van der Waals surface area (Å²) in [6.07, 6.45) is 12.4. The van der Waals surface area contributed by atoms with E-state index < -0.39 is 17.5 Å². The Kier molecular flexibility index (Phi) is 11.4. The molecule has 38 heavy (non-hydrogen) atoms. The number of nitrogens with zero attached hydrogens (tertiary/aromatic N) is 2. The number of hydrogen-bond acceptors (Lipinski definition) is 9. The molecule has 0 bridgehead atoms. The number of carbonyl (C=O) groups excluding carboxylic acids is 2. The Hall–Kier alpha value is -3.08. The maximum Gasteiger partial charge on any atom is 0.213 e. The van der Waals surface area contributed by atoms with Crippen molar-refractivity contribution >= 4 is 49.8 Å². The highest BCUT2D eigenvalue weighted by Crippen LogP contribution is 2.43. The number of aliphatic hydroxyl groups is 1. The van der Waals surface area contributed by atoms with E-state index in [2.05, 4.69) is 35.5 Å². The summed E-state index contributed by atoms with van der Waals surface area (Å²) in [5.41, 5.74) is 0.0966. The Morgan fingerprint density at radius 3 is 1.95 bits per heavy atom. The molecular weight excluding hydrogens is 520 g/mol. The first-order chi connectivity index (χ1) is 18.5. The Labute approximate surface area is 233 Å². The van der Waals surface area contributed by atoms with Crippen molar-refractivity contribution in [3.8, 4) is 24.7 Å². The maximum absolute atomic E-state index is 13.5. The van der Waals surface area contributed by atoms with Crippen molar-refractivity contribution in [2.75, 3.05) is 62.4 Å². The van der Waals surface area contributed by atoms with Gasteiger partial charge in [0, 0.05) is 35.9 Å². The van der Waals surface area contributed by atoms with Crippen LogP contribution in [0.15, 0.2) is 30.0 Å². The molecule has 0 aromatic carbocycles. The molecule has 2 aromatic rings. The monoisotopic (exact) mass is 554 g/mol. The van der Waals surface area contributed by atoms with Gasteiger partial charge in [-0.1, -0.05) is 25.7 Å². The molecule has 1 aliphatic rings. The predicted molar refractivity (Wildman–Crippen MR) is 155 cm³/mol. The Morgan fingerprint density at radius 2 is 1.39 bits per heavy atom. The first kappa shape index (κ1) is 29.5. The SMILES string of the molecule is C#CCOCCN(CCC)c1ccc(C2=C(O)C(=O)C(c3ccc(N(CCC)CCOCC#C)s3)C2=O)s1. The van der Waals surface area contributed by atoms with E-state index in [0.717, 1.165) is 35.9 Å². The van der Waals surface area contributed by atoms with Gasteiger partial charge in [-0.15, -0.1) is 35.5 Å². The van der Waals surface area contributed by atoms with Gasteiger partial charge < -0.3 is 24.4 Å². The molecule has 1 N–H and O–H groups in total. The van der Waals surface area contributed by atoms with Crippen molar-refractivity contribution in [2.24, 2.45) is 0 Å². The van der Waals surface area contributed by atoms with E-state index in [0.29, 0.717) is 36.1 Å². The first-order valence-electron chi connectivity index (χ1n) is 12.7. The van der Waals surface area contributed by atoms with E-state index >= 15 is 0 Å². The lowest BCUT2D eigenvalue weighted by molar-refractivity contribution is -0.123. The minimum atomic E-state index is -1.03. The van der Waals surface area contributed by atoms with Gasteiger partial charge in [0.05, 0.1) is 28.8 Å². The predicted octanol–water partition coefficient (Wildman–Crippen LogP) is 4.75. The highest BCUT2D eigenvalue weighted by Gasteiger charge is 2.44. The van der Waals surface area contributed by atoms with Gasteiger partial charge in [0.2, 0.25) is 5.78 Å². The lowest BCUT2D eigenvalue weighted by Gasteiger charge is -2.22. The average molecular weight is 555 g/mol. The number of anilines is 2. The fourth-order valence-electron chi connectivity index (χ4n) is 4.25. The zero-order chi connectivity index (χ0) is 27.5. The van der Waals surface area contributed by atoms with Crippen LogP contribution in [0.2, 0.25) is 0 Å². The molecule has 0 radical (unpaired) electrons. The van der Waals surface area contributed by atoms with Crippen LogP contribution in [0.1, 0.15) is 42.4 Å². The van der Waals surface area contributed by atoms with Crippen molar-refractivity contribution in [1.29, 1.82) is 0 Å². The third kappa shape index (κ3) is 7.06. The molecule has 9 heteroatoms. The second-order valence-corrected chi connectivity index (χ2v) is 10.8. The van der Waals surface area contributed by atoms with Crippen molar-refractivity contribution in [1.82, 2.24) is 0 Å². The smallest absolute Gasteiger partial charge is 0.213 e. The zero-order valence-corrected chi connectivity index (χ0v) is 23.5. The summed E-state index contributed by atoms with van der Waals surface area (Å²) in [4.78, 5) is 32.1. The minimum Gasteiger partial charge on any atom is -0.504 e. The van der Waals surface area contributed by atoms with E-state index in [1.165, 1.54) is 22.7 Å². The van der Waals surface area contributed by atoms with E-state index in [1.807, 2.05) is 12.1 Å². The number of allylic oxidation sites excluding steroid dienone is 2. The molecule has 2 heterocycles. The number of aliphatic hydroxyl groups excluding tert-OH is 1. The topological polar surface area (TPSA) is 79.3 Å². The molecule has 1 aliphatic carbocycles. The molecule has 7 nitrogen and oxygen atoms in total. The number of rotatable bonds is 16. The van der Waals surface area contributed by atoms with Crippen LogP contribution < -0.4 is 9.80 Å². The van der Waals surface area contributed by atoms with Crippen LogP contribution >= 0.6 is 22.7 Å². The summed E-state index contributed by atoms with van der Waals surface area (Å²) >= 11 is 2.78. The van der Waals surface area contributed by atoms with Crippen LogP contribution in [0.25, 0.3) is 5.57 Å². The Balaban J connectivity index is 1.76. The molecule has 0 saturated heterocycles. The highest BCUT2D eigenvalue weighted by molar-refractivity contribution is 7.18. The number of Topliss-reactive ketones (excluding diaryl/α,β-unsaturated/α-hetero) is 2. The van der Waals surface area contributed by atoms with Gasteiger partial charge in [-0.05, 0) is 37.1 Å². The summed E-state index contributed by atoms with van der Waals surface area (Å²) < 4.78 is 10.9. The number of ketones is 2. The quantitative estimate of drug-likeness (QED) is 0.182. The van der Waals surface area contributed by atoms with Gasteiger partial charge >= 0.3 is 0 Å². The average Bonchev–Trinajstić information content (AvgIpc) is 3.62. The highest BCUT2D eigenvalue weighted by atomic mass is 32.1. The van der Waals surface area contributed by atoms with Gasteiger partial charge in [-0.2, -0.15) is 0 Å². The number of ether oxygens (including phenoxy) is 2. The van der Waals surface area contributed by atoms with E-state index in [1.54, 1.807) is 12.1 Å². The molecule has 202 valence electrons. The van der Waals surface area contributed by atoms with Crippen LogP contribution in [0.3, 0.4) is 0 Å². The van der Waals surface area contributed by atoms with Gasteiger partial charge in [-0.25, -0.2) is 0 Å². The Morgan fingerprint density at radius 1 is 0.842 bits per heavy atom. The lowest BCUT2D eigenvalue weighted by Crippen LogP contribution is -2.27. The second-order valence-electron chi connectivity index (χ2n) is 8.69. The molecule has 1 unspecified atom stereocenters. The van der Waals surface area contributed by atoms with Crippen molar-refractivity contribution in [3.05, 3.63) is 39.8 Å². The molecule has 0 amide bonds. The van der Waals surface area contributed by atoms with E-state index in [4.69, 9.17) is 22.3 Å². The summed E-state index contributed by atoms with van der Waals surface area (Å²) in [6, 6.07) is 7.43. The van der Waals surface area contributed by atoms with Crippen LogP contribution in [-0.4, -0.2) is 69.3 Å². The molecule has 0 fully saturated rings. The molecular formula is C29H34N2O5S2. The molecule has 0 saturated carbocycles. The van der Waals surface area contributed by atoms with Crippen molar-refractivity contribution in [3.63, 3.8) is 0 Å². The van der Waals surface area contributed by atoms with Gasteiger partial charge in [0.25, 0.3) is 0 Å². The van der Waals surface area contributed by atoms with Gasteiger partial charge in [0.1, 0.15) is 19.1 Å². The molecule has 2 aromatic heterocycles. The van der Waals surface area contributed by atoms with Crippen molar-refractivity contribution < 1.29 is 24.2 Å². The van der Waals surface area contributed by atoms with Crippen LogP contribution in [0, 0.1) is 24.7 Å². The molecule has 0 aliphatic heterocycles. The number of terminal acetylenes is 2. The standard InChI is InChI=1S/C29H34N2O5S2/c1-5-13-30(15-19-35-17-7-3)23-11-9-21(37-23)25-27(32)26(29(34)28(25)33)22-10-12-24(38-22)31(14-6-2)16-20-36-18-8-4/h3-4,9-12,25,34H,5-6,13-20H2,1-2H3. The van der Waals surface area contributed by atoms with Crippen LogP contribution in [-0.2, 0) is 19.1 Å². The van der Waals surface area contributed by atoms with Crippen LogP contribution in [0.4, 0.5) is 10.0 Å². The fourth-order valence-corrected chi connectivity index (χ4v) is 6.52. The third-order valence-corrected chi connectivity index (χ3v) is 8.34. The van der Waals surface area contributed by atoms with Gasteiger partial charge in [-0.3, -0.25) is 9.59 Å². The summed E-state index contributed by atoms with van der Waals surface area (Å²) in [5.74, 6) is 2.50. The lowest BCUT2D eigenvalue weighted by atomic mass is 10.0. The second kappa shape index (κ2) is 14.8. The normalized spacial score (nSPS) is 15.1. The summed E-state index contributed by atoms with van der Waals surface area (Å²) in [6.45, 7) is 8.57. The number of hydrogen-bond donors (Lipinski definition) is 1. The number of carbonyl (C=O) groups is 2. The van der Waals surface area contributed by atoms with Crippen LogP contribution in [0.5, 0.6) is 0 Å². The molecule has 1 atom stereocenters.